The Balaban J connectivity index is 1.91. The summed E-state index contributed by atoms with van der Waals surface area (Å²) in [5.41, 5.74) is -2.26. The van der Waals surface area contributed by atoms with Crippen LogP contribution in [0.4, 0.5) is 8.78 Å². The van der Waals surface area contributed by atoms with Crippen molar-refractivity contribution in [3.63, 3.8) is 0 Å². The third-order valence-corrected chi connectivity index (χ3v) is 3.38. The highest BCUT2D eigenvalue weighted by molar-refractivity contribution is 5.85. The Bertz CT molecular complexity index is 443. The summed E-state index contributed by atoms with van der Waals surface area (Å²) in [7, 11) is 0. The van der Waals surface area contributed by atoms with Crippen molar-refractivity contribution in [2.45, 2.75) is 36.9 Å². The van der Waals surface area contributed by atoms with Gasteiger partial charge in [0, 0.05) is 0 Å². The maximum atomic E-state index is 13.7. The number of carbonyl (C=O) groups excluding carboxylic acids is 1. The zero-order valence-corrected chi connectivity index (χ0v) is 10.1. The van der Waals surface area contributed by atoms with Gasteiger partial charge < -0.3 is 19.9 Å². The van der Waals surface area contributed by atoms with E-state index in [4.69, 9.17) is 4.42 Å². The van der Waals surface area contributed by atoms with Crippen molar-refractivity contribution in [1.29, 1.82) is 0 Å². The molecular formula is C12H15F2NO4. The Labute approximate surface area is 108 Å². The molecule has 1 aromatic rings. The quantitative estimate of drug-likeness (QED) is 0.748. The molecule has 0 bridgehead atoms. The lowest BCUT2D eigenvalue weighted by atomic mass is 9.75. The third kappa shape index (κ3) is 2.48. The Morgan fingerprint density at radius 2 is 2.26 bits per heavy atom. The lowest BCUT2D eigenvalue weighted by Crippen LogP contribution is -2.60. The lowest BCUT2D eigenvalue weighted by molar-refractivity contribution is -0.216. The molecule has 1 fully saturated rings. The van der Waals surface area contributed by atoms with Crippen LogP contribution in [-0.2, 0) is 4.79 Å². The molecule has 1 saturated carbocycles. The molecule has 1 atom stereocenters. The molecule has 1 aliphatic rings. The van der Waals surface area contributed by atoms with Crippen molar-refractivity contribution in [3.8, 4) is 0 Å². The smallest absolute Gasteiger partial charge is 0.352 e. The number of alkyl halides is 2. The van der Waals surface area contributed by atoms with E-state index in [1.165, 1.54) is 18.4 Å². The van der Waals surface area contributed by atoms with E-state index in [0.717, 1.165) is 0 Å². The van der Waals surface area contributed by atoms with Crippen molar-refractivity contribution in [3.05, 3.63) is 24.2 Å². The number of aliphatic hydroxyl groups is 2. The first-order valence-electron chi connectivity index (χ1n) is 5.97. The zero-order valence-electron chi connectivity index (χ0n) is 10.1. The minimum Gasteiger partial charge on any atom is -0.467 e. The first-order valence-corrected chi connectivity index (χ1v) is 5.97. The number of aliphatic hydroxyl groups excluding tert-OH is 1. The number of halogens is 2. The highest BCUT2D eigenvalue weighted by Gasteiger charge is 2.61. The molecule has 0 saturated heterocycles. The fourth-order valence-electron chi connectivity index (χ4n) is 1.92. The standard InChI is InChI=1S/C12H15F2NO4/c13-12(14,11(18)4-2-5-11)10(17)15-7-8(16)9-3-1-6-19-9/h1,3,6,8,16,18H,2,4-5,7H2,(H,15,17). The van der Waals surface area contributed by atoms with Crippen molar-refractivity contribution < 1.29 is 28.2 Å². The number of hydrogen-bond acceptors (Lipinski definition) is 4. The average molecular weight is 275 g/mol. The van der Waals surface area contributed by atoms with Gasteiger partial charge in [-0.1, -0.05) is 0 Å². The highest BCUT2D eigenvalue weighted by atomic mass is 19.3. The first-order chi connectivity index (χ1) is 8.87. The minimum absolute atomic E-state index is 0.103. The second kappa shape index (κ2) is 4.90. The van der Waals surface area contributed by atoms with Crippen LogP contribution in [0, 0.1) is 0 Å². The third-order valence-electron chi connectivity index (χ3n) is 3.38. The van der Waals surface area contributed by atoms with E-state index in [9.17, 15) is 23.8 Å². The lowest BCUT2D eigenvalue weighted by Gasteiger charge is -2.41. The topological polar surface area (TPSA) is 82.7 Å². The van der Waals surface area contributed by atoms with Crippen LogP contribution in [0.1, 0.15) is 31.1 Å². The molecule has 106 valence electrons. The molecule has 0 aromatic carbocycles. The summed E-state index contributed by atoms with van der Waals surface area (Å²) in [5, 5.41) is 21.1. The second-order valence-electron chi connectivity index (χ2n) is 4.70. The van der Waals surface area contributed by atoms with Crippen LogP contribution in [0.3, 0.4) is 0 Å². The van der Waals surface area contributed by atoms with Gasteiger partial charge >= 0.3 is 5.92 Å². The minimum atomic E-state index is -3.85. The molecule has 19 heavy (non-hydrogen) atoms. The van der Waals surface area contributed by atoms with E-state index in [0.29, 0.717) is 6.42 Å². The van der Waals surface area contributed by atoms with Gasteiger partial charge in [-0.05, 0) is 31.4 Å². The molecule has 1 unspecified atom stereocenters. The van der Waals surface area contributed by atoms with E-state index in [1.54, 1.807) is 0 Å². The predicted molar refractivity (Wildman–Crippen MR) is 60.4 cm³/mol. The van der Waals surface area contributed by atoms with Crippen LogP contribution in [0.2, 0.25) is 0 Å². The number of nitrogens with one attached hydrogen (secondary N) is 1. The fourth-order valence-corrected chi connectivity index (χ4v) is 1.92. The zero-order chi connectivity index (χ0) is 14.1. The van der Waals surface area contributed by atoms with Crippen molar-refractivity contribution in [2.24, 2.45) is 0 Å². The van der Waals surface area contributed by atoms with Gasteiger partial charge in [0.25, 0.3) is 5.91 Å². The summed E-state index contributed by atoms with van der Waals surface area (Å²) in [4.78, 5) is 11.4. The van der Waals surface area contributed by atoms with Gasteiger partial charge in [0.15, 0.2) is 0 Å². The Kier molecular flexibility index (Phi) is 3.60. The summed E-state index contributed by atoms with van der Waals surface area (Å²) in [5.74, 6) is -5.26. The summed E-state index contributed by atoms with van der Waals surface area (Å²) in [6, 6.07) is 3.00. The predicted octanol–water partition coefficient (Wildman–Crippen LogP) is 0.979. The van der Waals surface area contributed by atoms with Crippen molar-refractivity contribution in [2.75, 3.05) is 6.54 Å². The Morgan fingerprint density at radius 1 is 1.58 bits per heavy atom. The van der Waals surface area contributed by atoms with Crippen molar-refractivity contribution >= 4 is 5.91 Å². The molecule has 7 heteroatoms. The molecule has 0 spiro atoms. The summed E-state index contributed by atoms with van der Waals surface area (Å²) in [6.45, 7) is -0.405. The maximum absolute atomic E-state index is 13.7. The fraction of sp³-hybridized carbons (Fsp3) is 0.583. The van der Waals surface area contributed by atoms with Gasteiger partial charge in [0.1, 0.15) is 17.5 Å². The normalized spacial score (nSPS) is 19.6. The molecule has 0 aliphatic heterocycles. The SMILES string of the molecule is O=C(NCC(O)c1ccco1)C(F)(F)C1(O)CCC1. The molecule has 1 amide bonds. The molecule has 0 radical (unpaired) electrons. The molecule has 5 nitrogen and oxygen atoms in total. The van der Waals surface area contributed by atoms with Gasteiger partial charge in [-0.3, -0.25) is 4.79 Å². The largest absolute Gasteiger partial charge is 0.467 e. The first kappa shape index (κ1) is 14.0. The van der Waals surface area contributed by atoms with Gasteiger partial charge in [0.2, 0.25) is 0 Å². The van der Waals surface area contributed by atoms with Crippen LogP contribution in [0.5, 0.6) is 0 Å². The summed E-state index contributed by atoms with van der Waals surface area (Å²) in [6.07, 6.45) is 0.383. The maximum Gasteiger partial charge on any atom is 0.352 e. The van der Waals surface area contributed by atoms with E-state index in [1.807, 2.05) is 5.32 Å². The van der Waals surface area contributed by atoms with E-state index in [-0.39, 0.29) is 18.6 Å². The summed E-state index contributed by atoms with van der Waals surface area (Å²) >= 11 is 0. The van der Waals surface area contributed by atoms with Gasteiger partial charge in [-0.25, -0.2) is 0 Å². The highest BCUT2D eigenvalue weighted by Crippen LogP contribution is 2.44. The van der Waals surface area contributed by atoms with Crippen LogP contribution in [0.25, 0.3) is 0 Å². The van der Waals surface area contributed by atoms with Gasteiger partial charge in [0.05, 0.1) is 12.8 Å². The number of hydrogen-bond donors (Lipinski definition) is 3. The number of amides is 1. The van der Waals surface area contributed by atoms with Crippen LogP contribution in [0.15, 0.2) is 22.8 Å². The molecule has 1 aliphatic carbocycles. The van der Waals surface area contributed by atoms with Gasteiger partial charge in [-0.2, -0.15) is 8.78 Å². The van der Waals surface area contributed by atoms with Crippen LogP contribution < -0.4 is 5.32 Å². The van der Waals surface area contributed by atoms with E-state index < -0.39 is 30.1 Å². The number of carbonyl (C=O) groups is 1. The second-order valence-corrected chi connectivity index (χ2v) is 4.70. The molecule has 1 aromatic heterocycles. The molecule has 1 heterocycles. The molecule has 3 N–H and O–H groups in total. The molecular weight excluding hydrogens is 260 g/mol. The monoisotopic (exact) mass is 275 g/mol. The molecule has 2 rings (SSSR count). The Morgan fingerprint density at radius 3 is 2.74 bits per heavy atom. The number of rotatable bonds is 5. The van der Waals surface area contributed by atoms with E-state index >= 15 is 0 Å². The van der Waals surface area contributed by atoms with Crippen molar-refractivity contribution in [1.82, 2.24) is 5.32 Å². The van der Waals surface area contributed by atoms with Gasteiger partial charge in [-0.15, -0.1) is 0 Å². The Hall–Kier alpha value is -1.47. The van der Waals surface area contributed by atoms with E-state index in [2.05, 4.69) is 0 Å². The van der Waals surface area contributed by atoms with Crippen LogP contribution in [-0.4, -0.2) is 34.2 Å². The van der Waals surface area contributed by atoms with Crippen LogP contribution >= 0.6 is 0 Å². The summed E-state index contributed by atoms with van der Waals surface area (Å²) < 4.78 is 32.2. The average Bonchev–Trinajstić information content (AvgIpc) is 2.85. The number of furan rings is 1.